The molecule has 136 valence electrons. The quantitative estimate of drug-likeness (QED) is 0.509. The van der Waals surface area contributed by atoms with Gasteiger partial charge in [0.25, 0.3) is 5.69 Å². The van der Waals surface area contributed by atoms with Crippen molar-refractivity contribution < 1.29 is 9.72 Å². The Kier molecular flexibility index (Phi) is 5.31. The van der Waals surface area contributed by atoms with E-state index < -0.39 is 4.92 Å². The van der Waals surface area contributed by atoms with Crippen molar-refractivity contribution in [3.63, 3.8) is 0 Å². The van der Waals surface area contributed by atoms with E-state index >= 15 is 0 Å². The minimum Gasteiger partial charge on any atom is -0.361 e. The van der Waals surface area contributed by atoms with Crippen molar-refractivity contribution in [3.8, 4) is 11.4 Å². The van der Waals surface area contributed by atoms with Crippen LogP contribution in [0.15, 0.2) is 54.7 Å². The van der Waals surface area contributed by atoms with Crippen LogP contribution < -0.4 is 10.6 Å². The van der Waals surface area contributed by atoms with Crippen molar-refractivity contribution >= 4 is 23.2 Å². The minimum absolute atomic E-state index is 0.0125. The van der Waals surface area contributed by atoms with E-state index in [1.165, 1.54) is 12.1 Å². The first-order chi connectivity index (χ1) is 13.0. The second-order valence-electron chi connectivity index (χ2n) is 5.64. The Balaban J connectivity index is 1.73. The lowest BCUT2D eigenvalue weighted by Crippen LogP contribution is -2.22. The van der Waals surface area contributed by atoms with Gasteiger partial charge in [-0.1, -0.05) is 18.2 Å². The summed E-state index contributed by atoms with van der Waals surface area (Å²) in [6.45, 7) is 1.77. The molecule has 0 unspecified atom stereocenters. The third-order valence-corrected chi connectivity index (χ3v) is 3.53. The van der Waals surface area contributed by atoms with Crippen LogP contribution >= 0.6 is 0 Å². The Labute approximate surface area is 154 Å². The number of rotatable bonds is 6. The van der Waals surface area contributed by atoms with Gasteiger partial charge in [-0.05, 0) is 19.1 Å². The number of amides is 1. The maximum absolute atomic E-state index is 12.0. The predicted octanol–water partition coefficient (Wildman–Crippen LogP) is 2.81. The van der Waals surface area contributed by atoms with Gasteiger partial charge in [-0.25, -0.2) is 15.0 Å². The van der Waals surface area contributed by atoms with E-state index in [-0.39, 0.29) is 18.1 Å². The Bertz CT molecular complexity index is 978. The van der Waals surface area contributed by atoms with E-state index in [9.17, 15) is 14.9 Å². The molecule has 0 saturated heterocycles. The zero-order chi connectivity index (χ0) is 19.2. The summed E-state index contributed by atoms with van der Waals surface area (Å²) in [4.78, 5) is 35.2. The van der Waals surface area contributed by atoms with E-state index in [2.05, 4.69) is 25.6 Å². The normalized spacial score (nSPS) is 10.3. The fourth-order valence-corrected chi connectivity index (χ4v) is 2.34. The summed E-state index contributed by atoms with van der Waals surface area (Å²) in [6, 6.07) is 13.0. The summed E-state index contributed by atoms with van der Waals surface area (Å²) in [5.74, 6) is 0.967. The Morgan fingerprint density at radius 2 is 1.96 bits per heavy atom. The maximum Gasteiger partial charge on any atom is 0.270 e. The van der Waals surface area contributed by atoms with Gasteiger partial charge in [-0.3, -0.25) is 14.9 Å². The molecule has 0 fully saturated rings. The number of anilines is 2. The van der Waals surface area contributed by atoms with Crippen molar-refractivity contribution in [1.82, 2.24) is 15.0 Å². The first-order valence-electron chi connectivity index (χ1n) is 8.06. The first-order valence-corrected chi connectivity index (χ1v) is 8.06. The zero-order valence-electron chi connectivity index (χ0n) is 14.4. The predicted molar refractivity (Wildman–Crippen MR) is 100 cm³/mol. The van der Waals surface area contributed by atoms with Crippen LogP contribution in [0.3, 0.4) is 0 Å². The number of nitro groups is 1. The fraction of sp³-hybridized carbons (Fsp3) is 0.111. The highest BCUT2D eigenvalue weighted by molar-refractivity contribution is 5.92. The van der Waals surface area contributed by atoms with Crippen LogP contribution in [-0.2, 0) is 4.79 Å². The third kappa shape index (κ3) is 4.82. The molecule has 1 amide bonds. The Hall–Kier alpha value is -3.88. The lowest BCUT2D eigenvalue weighted by molar-refractivity contribution is -0.384. The van der Waals surface area contributed by atoms with Crippen LogP contribution in [-0.4, -0.2) is 32.3 Å². The fourth-order valence-electron chi connectivity index (χ4n) is 2.34. The molecule has 0 aliphatic rings. The number of hydrogen-bond donors (Lipinski definition) is 2. The number of benzene rings is 1. The summed E-state index contributed by atoms with van der Waals surface area (Å²) < 4.78 is 0. The van der Waals surface area contributed by atoms with Crippen molar-refractivity contribution in [2.45, 2.75) is 6.92 Å². The van der Waals surface area contributed by atoms with Gasteiger partial charge in [0.15, 0.2) is 5.82 Å². The molecule has 3 aromatic rings. The van der Waals surface area contributed by atoms with E-state index in [1.54, 1.807) is 49.5 Å². The highest BCUT2D eigenvalue weighted by Crippen LogP contribution is 2.22. The lowest BCUT2D eigenvalue weighted by Gasteiger charge is -2.09. The smallest absolute Gasteiger partial charge is 0.270 e. The zero-order valence-corrected chi connectivity index (χ0v) is 14.4. The second-order valence-corrected chi connectivity index (χ2v) is 5.64. The molecule has 27 heavy (non-hydrogen) atoms. The topological polar surface area (TPSA) is 123 Å². The van der Waals surface area contributed by atoms with Crippen molar-refractivity contribution in [2.75, 3.05) is 17.2 Å². The molecule has 0 aliphatic carbocycles. The molecule has 1 aromatic carbocycles. The standard InChI is InChI=1S/C18H16N6O3/c1-12-9-16(20-11-17(25)22-15-7-2-3-8-19-15)23-18(21-12)13-5-4-6-14(10-13)24(26)27/h2-10H,11H2,1H3,(H,19,22,25)(H,20,21,23). The number of pyridine rings is 1. The average molecular weight is 364 g/mol. The van der Waals surface area contributed by atoms with Crippen molar-refractivity contribution in [1.29, 1.82) is 0 Å². The molecule has 9 heteroatoms. The van der Waals surface area contributed by atoms with Crippen LogP contribution in [0.25, 0.3) is 11.4 Å². The molecule has 2 N–H and O–H groups in total. The summed E-state index contributed by atoms with van der Waals surface area (Å²) in [5, 5.41) is 16.5. The summed E-state index contributed by atoms with van der Waals surface area (Å²) in [7, 11) is 0. The molecule has 0 aliphatic heterocycles. The molecule has 2 aromatic heterocycles. The highest BCUT2D eigenvalue weighted by Gasteiger charge is 2.11. The van der Waals surface area contributed by atoms with Gasteiger partial charge < -0.3 is 10.6 Å². The van der Waals surface area contributed by atoms with E-state index in [4.69, 9.17) is 0 Å². The van der Waals surface area contributed by atoms with E-state index in [1.807, 2.05) is 0 Å². The molecule has 0 atom stereocenters. The molecule has 3 rings (SSSR count). The summed E-state index contributed by atoms with van der Waals surface area (Å²) >= 11 is 0. The molecule has 9 nitrogen and oxygen atoms in total. The van der Waals surface area contributed by atoms with Crippen LogP contribution in [0.4, 0.5) is 17.3 Å². The first kappa shape index (κ1) is 17.9. The number of nitrogens with zero attached hydrogens (tertiary/aromatic N) is 4. The van der Waals surface area contributed by atoms with Crippen molar-refractivity contribution in [3.05, 3.63) is 70.5 Å². The minimum atomic E-state index is -0.472. The SMILES string of the molecule is Cc1cc(NCC(=O)Nc2ccccn2)nc(-c2cccc([N+](=O)[O-])c2)n1. The summed E-state index contributed by atoms with van der Waals surface area (Å²) in [6.07, 6.45) is 1.59. The number of nitro benzene ring substituents is 1. The molecular weight excluding hydrogens is 348 g/mol. The number of non-ortho nitro benzene ring substituents is 1. The average Bonchev–Trinajstić information content (AvgIpc) is 2.67. The van der Waals surface area contributed by atoms with Crippen LogP contribution in [0, 0.1) is 17.0 Å². The van der Waals surface area contributed by atoms with Gasteiger partial charge in [-0.15, -0.1) is 0 Å². The van der Waals surface area contributed by atoms with Gasteiger partial charge in [-0.2, -0.15) is 0 Å². The number of aryl methyl sites for hydroxylation is 1. The van der Waals surface area contributed by atoms with Gasteiger partial charge in [0.1, 0.15) is 11.6 Å². The molecule has 2 heterocycles. The van der Waals surface area contributed by atoms with E-state index in [0.717, 1.165) is 0 Å². The summed E-state index contributed by atoms with van der Waals surface area (Å²) in [5.41, 5.74) is 1.15. The number of carbonyl (C=O) groups excluding carboxylic acids is 1. The lowest BCUT2D eigenvalue weighted by atomic mass is 10.2. The van der Waals surface area contributed by atoms with Crippen LogP contribution in [0.1, 0.15) is 5.69 Å². The molecule has 0 saturated carbocycles. The second kappa shape index (κ2) is 8.00. The van der Waals surface area contributed by atoms with Gasteiger partial charge >= 0.3 is 0 Å². The highest BCUT2D eigenvalue weighted by atomic mass is 16.6. The number of nitrogens with one attached hydrogen (secondary N) is 2. The van der Waals surface area contributed by atoms with Gasteiger partial charge in [0, 0.05) is 35.7 Å². The Morgan fingerprint density at radius 3 is 2.70 bits per heavy atom. The monoisotopic (exact) mass is 364 g/mol. The largest absolute Gasteiger partial charge is 0.361 e. The maximum atomic E-state index is 12.0. The van der Waals surface area contributed by atoms with Crippen LogP contribution in [0.2, 0.25) is 0 Å². The molecule has 0 spiro atoms. The number of aromatic nitrogens is 3. The number of hydrogen-bond acceptors (Lipinski definition) is 7. The molecule has 0 bridgehead atoms. The van der Waals surface area contributed by atoms with Crippen LogP contribution in [0.5, 0.6) is 0 Å². The Morgan fingerprint density at radius 1 is 1.11 bits per heavy atom. The third-order valence-electron chi connectivity index (χ3n) is 3.53. The molecular formula is C18H16N6O3. The molecule has 0 radical (unpaired) electrons. The van der Waals surface area contributed by atoms with E-state index in [0.29, 0.717) is 28.7 Å². The number of carbonyl (C=O) groups is 1. The van der Waals surface area contributed by atoms with Crippen molar-refractivity contribution in [2.24, 2.45) is 0 Å². The van der Waals surface area contributed by atoms with Gasteiger partial charge in [0.05, 0.1) is 11.5 Å². The van der Waals surface area contributed by atoms with Gasteiger partial charge in [0.2, 0.25) is 5.91 Å².